The SMILES string of the molecule is CCCCNC(=NCC(C)(C)c1ccc(OC)c(OC)c1)NCC. The van der Waals surface area contributed by atoms with Crippen LogP contribution in [0.2, 0.25) is 0 Å². The molecule has 0 spiro atoms. The summed E-state index contributed by atoms with van der Waals surface area (Å²) in [4.78, 5) is 4.75. The molecule has 1 rings (SSSR count). The standard InChI is InChI=1S/C19H33N3O2/c1-7-9-12-21-18(20-8-2)22-14-19(3,4)15-10-11-16(23-5)17(13-15)24-6/h10-11,13H,7-9,12,14H2,1-6H3,(H2,20,21,22). The molecule has 5 nitrogen and oxygen atoms in total. The minimum Gasteiger partial charge on any atom is -0.493 e. The highest BCUT2D eigenvalue weighted by Crippen LogP contribution is 2.33. The molecule has 0 aromatic heterocycles. The van der Waals surface area contributed by atoms with Crippen molar-refractivity contribution in [2.45, 2.75) is 46.0 Å². The van der Waals surface area contributed by atoms with Gasteiger partial charge < -0.3 is 20.1 Å². The zero-order valence-corrected chi connectivity index (χ0v) is 16.0. The lowest BCUT2D eigenvalue weighted by Crippen LogP contribution is -2.39. The highest BCUT2D eigenvalue weighted by molar-refractivity contribution is 5.79. The molecule has 0 amide bonds. The van der Waals surface area contributed by atoms with E-state index in [0.717, 1.165) is 37.0 Å². The molecular formula is C19H33N3O2. The topological polar surface area (TPSA) is 54.9 Å². The fraction of sp³-hybridized carbons (Fsp3) is 0.632. The van der Waals surface area contributed by atoms with Crippen molar-refractivity contribution < 1.29 is 9.47 Å². The number of guanidine groups is 1. The molecule has 24 heavy (non-hydrogen) atoms. The van der Waals surface area contributed by atoms with Gasteiger partial charge in [-0.05, 0) is 31.0 Å². The van der Waals surface area contributed by atoms with Gasteiger partial charge in [0, 0.05) is 18.5 Å². The molecule has 0 atom stereocenters. The molecule has 0 fully saturated rings. The summed E-state index contributed by atoms with van der Waals surface area (Å²) in [5.41, 5.74) is 1.07. The van der Waals surface area contributed by atoms with E-state index in [-0.39, 0.29) is 5.41 Å². The summed E-state index contributed by atoms with van der Waals surface area (Å²) in [5, 5.41) is 6.68. The van der Waals surface area contributed by atoms with Gasteiger partial charge in [0.05, 0.1) is 20.8 Å². The number of methoxy groups -OCH3 is 2. The second-order valence-corrected chi connectivity index (χ2v) is 6.43. The van der Waals surface area contributed by atoms with Crippen molar-refractivity contribution in [2.75, 3.05) is 33.9 Å². The molecule has 0 heterocycles. The number of unbranched alkanes of at least 4 members (excludes halogenated alkanes) is 1. The van der Waals surface area contributed by atoms with Crippen LogP contribution >= 0.6 is 0 Å². The summed E-state index contributed by atoms with van der Waals surface area (Å²) in [6.45, 7) is 11.1. The third-order valence-corrected chi connectivity index (χ3v) is 3.96. The lowest BCUT2D eigenvalue weighted by Gasteiger charge is -2.25. The summed E-state index contributed by atoms with van der Waals surface area (Å²) in [5.74, 6) is 2.37. The first-order chi connectivity index (χ1) is 11.5. The van der Waals surface area contributed by atoms with E-state index in [9.17, 15) is 0 Å². The molecule has 0 saturated heterocycles. The maximum atomic E-state index is 5.42. The predicted octanol–water partition coefficient (Wildman–Crippen LogP) is 3.34. The van der Waals surface area contributed by atoms with Gasteiger partial charge in [0.2, 0.25) is 0 Å². The molecule has 1 aromatic rings. The predicted molar refractivity (Wildman–Crippen MR) is 101 cm³/mol. The Labute approximate surface area is 146 Å². The second-order valence-electron chi connectivity index (χ2n) is 6.43. The van der Waals surface area contributed by atoms with Gasteiger partial charge in [0.15, 0.2) is 17.5 Å². The van der Waals surface area contributed by atoms with Crippen LogP contribution in [0.15, 0.2) is 23.2 Å². The number of benzene rings is 1. The van der Waals surface area contributed by atoms with Crippen LogP contribution in [0.3, 0.4) is 0 Å². The number of rotatable bonds is 9. The summed E-state index contributed by atoms with van der Waals surface area (Å²) in [6, 6.07) is 6.06. The quantitative estimate of drug-likeness (QED) is 0.413. The Morgan fingerprint density at radius 1 is 1.08 bits per heavy atom. The van der Waals surface area contributed by atoms with Gasteiger partial charge in [0.25, 0.3) is 0 Å². The normalized spacial score (nSPS) is 12.0. The van der Waals surface area contributed by atoms with Gasteiger partial charge in [-0.2, -0.15) is 0 Å². The number of ether oxygens (including phenoxy) is 2. The van der Waals surface area contributed by atoms with E-state index in [2.05, 4.69) is 44.4 Å². The van der Waals surface area contributed by atoms with Crippen molar-refractivity contribution >= 4 is 5.96 Å². The molecule has 0 saturated carbocycles. The minimum absolute atomic E-state index is 0.105. The van der Waals surface area contributed by atoms with Crippen LogP contribution in [-0.2, 0) is 5.41 Å². The van der Waals surface area contributed by atoms with Crippen molar-refractivity contribution in [1.82, 2.24) is 10.6 Å². The largest absolute Gasteiger partial charge is 0.493 e. The fourth-order valence-corrected chi connectivity index (χ4v) is 2.35. The van der Waals surface area contributed by atoms with Crippen molar-refractivity contribution in [2.24, 2.45) is 4.99 Å². The van der Waals surface area contributed by atoms with Crippen molar-refractivity contribution in [3.63, 3.8) is 0 Å². The summed E-state index contributed by atoms with van der Waals surface area (Å²) < 4.78 is 10.7. The Morgan fingerprint density at radius 2 is 1.79 bits per heavy atom. The third-order valence-electron chi connectivity index (χ3n) is 3.96. The van der Waals surface area contributed by atoms with Crippen molar-refractivity contribution in [1.29, 1.82) is 0 Å². The molecular weight excluding hydrogens is 302 g/mol. The van der Waals surface area contributed by atoms with E-state index in [0.29, 0.717) is 6.54 Å². The molecule has 0 radical (unpaired) electrons. The van der Waals surface area contributed by atoms with E-state index < -0.39 is 0 Å². The highest BCUT2D eigenvalue weighted by Gasteiger charge is 2.22. The monoisotopic (exact) mass is 335 g/mol. The van der Waals surface area contributed by atoms with E-state index in [1.807, 2.05) is 12.1 Å². The highest BCUT2D eigenvalue weighted by atomic mass is 16.5. The molecule has 2 N–H and O–H groups in total. The molecule has 1 aromatic carbocycles. The maximum Gasteiger partial charge on any atom is 0.191 e. The van der Waals surface area contributed by atoms with Crippen LogP contribution in [0.4, 0.5) is 0 Å². The number of hydrogen-bond donors (Lipinski definition) is 2. The lowest BCUT2D eigenvalue weighted by atomic mass is 9.84. The number of aliphatic imine (C=N–C) groups is 1. The Hall–Kier alpha value is -1.91. The Morgan fingerprint density at radius 3 is 2.38 bits per heavy atom. The van der Waals surface area contributed by atoms with Crippen LogP contribution in [0.25, 0.3) is 0 Å². The van der Waals surface area contributed by atoms with E-state index in [1.165, 1.54) is 12.0 Å². The van der Waals surface area contributed by atoms with Gasteiger partial charge >= 0.3 is 0 Å². The van der Waals surface area contributed by atoms with E-state index in [1.54, 1.807) is 14.2 Å². The van der Waals surface area contributed by atoms with E-state index >= 15 is 0 Å². The van der Waals surface area contributed by atoms with Gasteiger partial charge in [-0.1, -0.05) is 33.3 Å². The summed E-state index contributed by atoms with van der Waals surface area (Å²) in [6.07, 6.45) is 2.31. The fourth-order valence-electron chi connectivity index (χ4n) is 2.35. The zero-order chi connectivity index (χ0) is 18.0. The van der Waals surface area contributed by atoms with Crippen molar-refractivity contribution in [3.05, 3.63) is 23.8 Å². The van der Waals surface area contributed by atoms with Gasteiger partial charge in [-0.3, -0.25) is 4.99 Å². The first-order valence-electron chi connectivity index (χ1n) is 8.73. The molecule has 136 valence electrons. The molecule has 0 unspecified atom stereocenters. The van der Waals surface area contributed by atoms with Gasteiger partial charge in [0.1, 0.15) is 0 Å². The number of hydrogen-bond acceptors (Lipinski definition) is 3. The number of nitrogens with zero attached hydrogens (tertiary/aromatic N) is 1. The minimum atomic E-state index is -0.105. The smallest absolute Gasteiger partial charge is 0.191 e. The van der Waals surface area contributed by atoms with Crippen LogP contribution in [0.1, 0.15) is 46.1 Å². The zero-order valence-electron chi connectivity index (χ0n) is 16.0. The first kappa shape index (κ1) is 20.1. The van der Waals surface area contributed by atoms with Crippen LogP contribution in [0, 0.1) is 0 Å². The van der Waals surface area contributed by atoms with Crippen LogP contribution < -0.4 is 20.1 Å². The van der Waals surface area contributed by atoms with Crippen LogP contribution in [-0.4, -0.2) is 39.8 Å². The maximum absolute atomic E-state index is 5.42. The molecule has 0 aliphatic rings. The number of nitrogens with one attached hydrogen (secondary N) is 2. The Bertz CT molecular complexity index is 527. The molecule has 0 aliphatic heterocycles. The second kappa shape index (κ2) is 10.1. The molecule has 0 bridgehead atoms. The lowest BCUT2D eigenvalue weighted by molar-refractivity contribution is 0.353. The van der Waals surface area contributed by atoms with Gasteiger partial charge in [-0.15, -0.1) is 0 Å². The van der Waals surface area contributed by atoms with Gasteiger partial charge in [-0.25, -0.2) is 0 Å². The summed E-state index contributed by atoms with van der Waals surface area (Å²) >= 11 is 0. The third kappa shape index (κ3) is 5.95. The Balaban J connectivity index is 2.87. The average molecular weight is 335 g/mol. The van der Waals surface area contributed by atoms with Crippen molar-refractivity contribution in [3.8, 4) is 11.5 Å². The van der Waals surface area contributed by atoms with Crippen LogP contribution in [0.5, 0.6) is 11.5 Å². The Kier molecular flexibility index (Phi) is 8.44. The molecule has 5 heteroatoms. The summed E-state index contributed by atoms with van der Waals surface area (Å²) in [7, 11) is 3.31. The molecule has 0 aliphatic carbocycles. The van der Waals surface area contributed by atoms with E-state index in [4.69, 9.17) is 14.5 Å². The first-order valence-corrected chi connectivity index (χ1v) is 8.73. The average Bonchev–Trinajstić information content (AvgIpc) is 2.59.